The number of fused-ring (bicyclic) bond motifs is 3. The van der Waals surface area contributed by atoms with Gasteiger partial charge < -0.3 is 13.8 Å². The molecule has 0 atom stereocenters. The molecule has 42 heavy (non-hydrogen) atoms. The maximum absolute atomic E-state index is 3.94. The molecular weight excluding hydrogens is 584 g/mol. The smallest absolute Gasteiger partial charge is 0.172 e. The molecule has 0 heterocycles. The molecule has 0 unspecified atom stereocenters. The minimum Gasteiger partial charge on any atom is -0.214 e. The number of hydrogen-bond acceptors (Lipinski definition) is 0. The molecule has 0 nitrogen and oxygen atoms in total. The van der Waals surface area contributed by atoms with Crippen LogP contribution in [-0.4, -0.2) is 4.21 Å². The van der Waals surface area contributed by atoms with Crippen LogP contribution in [0.1, 0.15) is 115 Å². The van der Waals surface area contributed by atoms with Crippen molar-refractivity contribution >= 4 is 25.8 Å². The van der Waals surface area contributed by atoms with E-state index in [4.69, 9.17) is 0 Å². The Labute approximate surface area is 274 Å². The number of rotatable bonds is 0. The molecule has 2 fully saturated rings. The molecule has 6 rings (SSSR count). The van der Waals surface area contributed by atoms with E-state index in [2.05, 4.69) is 104 Å². The van der Waals surface area contributed by atoms with Gasteiger partial charge in [0.1, 0.15) is 0 Å². The van der Waals surface area contributed by atoms with Gasteiger partial charge in [0.05, 0.1) is 0 Å². The Morgan fingerprint density at radius 2 is 0.976 bits per heavy atom. The Morgan fingerprint density at radius 1 is 0.643 bits per heavy atom. The van der Waals surface area contributed by atoms with E-state index in [0.29, 0.717) is 0 Å². The molecular formula is C41H58Zr-4. The Bertz CT molecular complexity index is 1200. The Balaban J connectivity index is 0.000000259. The Morgan fingerprint density at radius 3 is 1.19 bits per heavy atom. The summed E-state index contributed by atoms with van der Waals surface area (Å²) in [4.78, 5) is 0. The summed E-state index contributed by atoms with van der Waals surface area (Å²) in [5.74, 6) is 1.59. The van der Waals surface area contributed by atoms with Crippen LogP contribution in [0.5, 0.6) is 0 Å². The molecule has 4 aromatic rings. The van der Waals surface area contributed by atoms with Crippen molar-refractivity contribution in [3.8, 4) is 0 Å². The summed E-state index contributed by atoms with van der Waals surface area (Å²) in [7, 11) is 0. The third kappa shape index (κ3) is 11.2. The zero-order valence-electron chi connectivity index (χ0n) is 28.2. The molecule has 1 heteroatoms. The van der Waals surface area contributed by atoms with Gasteiger partial charge in [-0.15, -0.1) is 39.7 Å². The molecule has 2 saturated carbocycles. The van der Waals surface area contributed by atoms with E-state index in [1.54, 1.807) is 0 Å². The van der Waals surface area contributed by atoms with E-state index in [9.17, 15) is 0 Å². The summed E-state index contributed by atoms with van der Waals surface area (Å²) < 4.78 is 3.34. The van der Waals surface area contributed by atoms with Crippen LogP contribution in [0.15, 0.2) is 60.7 Å². The molecule has 0 saturated heterocycles. The molecule has 2 aliphatic carbocycles. The summed E-state index contributed by atoms with van der Waals surface area (Å²) in [6.07, 6.45) is 11.2. The summed E-state index contributed by atoms with van der Waals surface area (Å²) >= 11 is 1.30. The van der Waals surface area contributed by atoms with Crippen molar-refractivity contribution in [2.24, 2.45) is 11.8 Å². The average Bonchev–Trinajstić information content (AvgIpc) is 3.73. The third-order valence-electron chi connectivity index (χ3n) is 8.52. The van der Waals surface area contributed by atoms with E-state index >= 15 is 0 Å². The van der Waals surface area contributed by atoms with Gasteiger partial charge in [0, 0.05) is 0 Å². The SMILES string of the molecule is Cc1cc2[cH-]c3cc(C)c(C(C)(C)C)cc3c2cc1C(C)(C)C.[CH2-]C1CCCC1.[CH2-]C1CCCC1.[CH2]=[Zr].c1cc[cH-]c1. The van der Waals surface area contributed by atoms with Crippen LogP contribution in [0.4, 0.5) is 0 Å². The normalized spacial score (nSPS) is 15.5. The van der Waals surface area contributed by atoms with E-state index in [-0.39, 0.29) is 10.8 Å². The van der Waals surface area contributed by atoms with Crippen molar-refractivity contribution < 1.29 is 24.2 Å². The summed E-state index contributed by atoms with van der Waals surface area (Å²) in [6, 6.07) is 21.9. The van der Waals surface area contributed by atoms with Gasteiger partial charge in [-0.1, -0.05) is 127 Å². The molecule has 230 valence electrons. The third-order valence-corrected chi connectivity index (χ3v) is 8.52. The van der Waals surface area contributed by atoms with E-state index in [1.807, 2.05) is 30.3 Å². The van der Waals surface area contributed by atoms with Crippen molar-refractivity contribution in [1.29, 1.82) is 0 Å². The fourth-order valence-electron chi connectivity index (χ4n) is 6.29. The van der Waals surface area contributed by atoms with Gasteiger partial charge in [0.2, 0.25) is 0 Å². The molecule has 0 amide bonds. The predicted octanol–water partition coefficient (Wildman–Crippen LogP) is 12.3. The van der Waals surface area contributed by atoms with Crippen molar-refractivity contribution in [2.45, 2.75) is 118 Å². The van der Waals surface area contributed by atoms with Gasteiger partial charge in [-0.25, -0.2) is 12.1 Å². The fraction of sp³-hybridized carbons (Fsp3) is 0.488. The van der Waals surface area contributed by atoms with Gasteiger partial charge in [-0.05, 0) is 24.7 Å². The average molecular weight is 642 g/mol. The second-order valence-electron chi connectivity index (χ2n) is 14.4. The zero-order valence-corrected chi connectivity index (χ0v) is 30.7. The van der Waals surface area contributed by atoms with E-state index in [0.717, 1.165) is 11.8 Å². The van der Waals surface area contributed by atoms with Crippen LogP contribution in [0.3, 0.4) is 0 Å². The van der Waals surface area contributed by atoms with Gasteiger partial charge in [-0.3, -0.25) is 0 Å². The quantitative estimate of drug-likeness (QED) is 0.168. The minimum atomic E-state index is 0.180. The van der Waals surface area contributed by atoms with Gasteiger partial charge >= 0.3 is 28.4 Å². The van der Waals surface area contributed by atoms with Crippen LogP contribution in [0.25, 0.3) is 21.5 Å². The maximum Gasteiger partial charge on any atom is -0.172 e. The monoisotopic (exact) mass is 640 g/mol. The first-order chi connectivity index (χ1) is 19.8. The molecule has 0 bridgehead atoms. The Kier molecular flexibility index (Phi) is 14.9. The second kappa shape index (κ2) is 17.0. The standard InChI is InChI=1S/C23H29.2C6H11.C5H5.CH2.Zr/c1-14-9-16-11-17-10-15(2)21(23(6,7)8)13-19(17)18(16)12-20(14)22(3,4)5;2*1-6-4-2-3-5-6;1-2-4-5-3-1;;/h9-13H,1-8H3;2*6H,1-5H2;1-5H;1H2;/q4*-1;;. The minimum absolute atomic E-state index is 0.180. The predicted molar refractivity (Wildman–Crippen MR) is 188 cm³/mol. The zero-order chi connectivity index (χ0) is 31.5. The summed E-state index contributed by atoms with van der Waals surface area (Å²) in [6.45, 7) is 26.2. The van der Waals surface area contributed by atoms with Gasteiger partial charge in [-0.2, -0.15) is 30.0 Å². The number of benzene rings is 2. The first-order valence-electron chi connectivity index (χ1n) is 16.1. The number of hydrogen-bond donors (Lipinski definition) is 0. The summed E-state index contributed by atoms with van der Waals surface area (Å²) in [5.41, 5.74) is 6.06. The van der Waals surface area contributed by atoms with E-state index < -0.39 is 0 Å². The van der Waals surface area contributed by atoms with Gasteiger partial charge in [0.15, 0.2) is 0 Å². The summed E-state index contributed by atoms with van der Waals surface area (Å²) in [5, 5.41) is 5.55. The van der Waals surface area contributed by atoms with Crippen LogP contribution < -0.4 is 0 Å². The molecule has 0 aromatic heterocycles. The molecule has 4 aromatic carbocycles. The van der Waals surface area contributed by atoms with Gasteiger partial charge in [0.25, 0.3) is 0 Å². The van der Waals surface area contributed by atoms with Crippen LogP contribution in [-0.2, 0) is 35.1 Å². The second-order valence-corrected chi connectivity index (χ2v) is 14.4. The maximum atomic E-state index is 3.94. The first-order valence-corrected chi connectivity index (χ1v) is 17.8. The van der Waals surface area contributed by atoms with Crippen molar-refractivity contribution in [3.63, 3.8) is 0 Å². The first kappa shape index (κ1) is 36.6. The molecule has 2 aliphatic rings. The topological polar surface area (TPSA) is 0 Å². The Hall–Kier alpha value is -1.59. The van der Waals surface area contributed by atoms with Crippen LogP contribution >= 0.6 is 0 Å². The molecule has 0 aliphatic heterocycles. The van der Waals surface area contributed by atoms with Crippen molar-refractivity contribution in [2.75, 3.05) is 0 Å². The molecule has 0 N–H and O–H groups in total. The number of aryl methyl sites for hydroxylation is 2. The molecule has 0 spiro atoms. The largest absolute Gasteiger partial charge is 0.214 e. The van der Waals surface area contributed by atoms with Crippen molar-refractivity contribution in [1.82, 2.24) is 0 Å². The van der Waals surface area contributed by atoms with Crippen molar-refractivity contribution in [3.05, 3.63) is 96.8 Å². The molecule has 0 radical (unpaired) electrons. The van der Waals surface area contributed by atoms with Crippen LogP contribution in [0, 0.1) is 39.5 Å². The van der Waals surface area contributed by atoms with E-state index in [1.165, 1.54) is 119 Å². The van der Waals surface area contributed by atoms with Crippen LogP contribution in [0.2, 0.25) is 0 Å². The fourth-order valence-corrected chi connectivity index (χ4v) is 6.29.